The van der Waals surface area contributed by atoms with Crippen molar-refractivity contribution in [1.29, 1.82) is 0 Å². The summed E-state index contributed by atoms with van der Waals surface area (Å²) in [6, 6.07) is 37.3. The molecule has 6 aromatic heterocycles. The number of hydrogen-bond donors (Lipinski definition) is 3. The number of aromatic nitrogens is 7. The summed E-state index contributed by atoms with van der Waals surface area (Å²) in [4.78, 5) is 74.0. The molecule has 0 radical (unpaired) electrons. The molecule has 0 spiro atoms. The van der Waals surface area contributed by atoms with Gasteiger partial charge >= 0.3 is 0 Å². The van der Waals surface area contributed by atoms with Gasteiger partial charge in [0, 0.05) is 134 Å². The van der Waals surface area contributed by atoms with E-state index in [0.717, 1.165) is 96.2 Å². The molecule has 466 valence electrons. The van der Waals surface area contributed by atoms with Crippen LogP contribution in [0.3, 0.4) is 0 Å². The molecule has 6 atom stereocenters. The quantitative estimate of drug-likeness (QED) is 0.0866. The number of pyridine rings is 5. The molecule has 19 heteroatoms. The molecular weight excluding hydrogens is 1150 g/mol. The van der Waals surface area contributed by atoms with Crippen LogP contribution in [-0.4, -0.2) is 102 Å². The van der Waals surface area contributed by atoms with Crippen molar-refractivity contribution < 1.29 is 38.1 Å². The van der Waals surface area contributed by atoms with E-state index in [2.05, 4.69) is 51.9 Å². The van der Waals surface area contributed by atoms with Crippen LogP contribution < -0.4 is 45.2 Å². The molecule has 4 aliphatic rings. The molecule has 91 heavy (non-hydrogen) atoms. The molecule has 4 aromatic carbocycles. The maximum absolute atomic E-state index is 12.3. The minimum absolute atomic E-state index is 0.0653. The lowest BCUT2D eigenvalue weighted by atomic mass is 9.96. The third kappa shape index (κ3) is 14.5. The van der Waals surface area contributed by atoms with Crippen molar-refractivity contribution >= 4 is 61.3 Å². The van der Waals surface area contributed by atoms with Gasteiger partial charge in [-0.2, -0.15) is 0 Å². The van der Waals surface area contributed by atoms with E-state index in [1.165, 1.54) is 17.3 Å². The van der Waals surface area contributed by atoms with Crippen molar-refractivity contribution in [2.24, 2.45) is 24.8 Å². The van der Waals surface area contributed by atoms with Gasteiger partial charge in [0.2, 0.25) is 29.5 Å². The predicted molar refractivity (Wildman–Crippen MR) is 350 cm³/mol. The number of ether oxygens (including phenoxy) is 5. The summed E-state index contributed by atoms with van der Waals surface area (Å²) in [5.74, 6) is 4.21. The molecule has 3 aliphatic heterocycles. The summed E-state index contributed by atoms with van der Waals surface area (Å²) < 4.78 is 32.2. The summed E-state index contributed by atoms with van der Waals surface area (Å²) in [6.45, 7) is 13.9. The average Bonchev–Trinajstić information content (AvgIpc) is 1.58. The third-order valence-electron chi connectivity index (χ3n) is 17.1. The first kappa shape index (κ1) is 61.2. The zero-order valence-corrected chi connectivity index (χ0v) is 52.1. The number of nitrogens with zero attached hydrogens (tertiary/aromatic N) is 7. The first-order valence-electron chi connectivity index (χ1n) is 31.1. The second kappa shape index (κ2) is 26.6. The highest BCUT2D eigenvalue weighted by Crippen LogP contribution is 2.38. The molecule has 10 aromatic rings. The van der Waals surface area contributed by atoms with Gasteiger partial charge in [-0.05, 0) is 180 Å². The number of carbonyl (C=O) groups is 3. The average molecular weight is 1220 g/mol. The number of rotatable bonds is 15. The van der Waals surface area contributed by atoms with Gasteiger partial charge in [-0.1, -0.05) is 6.07 Å². The molecular formula is C72H74N10O9. The lowest BCUT2D eigenvalue weighted by molar-refractivity contribution is -0.120. The highest BCUT2D eigenvalue weighted by Gasteiger charge is 2.31. The smallest absolute Gasteiger partial charge is 0.260 e. The zero-order chi connectivity index (χ0) is 63.3. The van der Waals surface area contributed by atoms with Gasteiger partial charge in [-0.25, -0.2) is 15.0 Å². The van der Waals surface area contributed by atoms with Crippen molar-refractivity contribution in [1.82, 2.24) is 50.4 Å². The largest absolute Gasteiger partial charge is 0.490 e. The third-order valence-corrected chi connectivity index (χ3v) is 17.1. The maximum atomic E-state index is 12.3. The van der Waals surface area contributed by atoms with Crippen LogP contribution in [0.2, 0.25) is 0 Å². The van der Waals surface area contributed by atoms with E-state index in [-0.39, 0.29) is 64.9 Å². The Labute approximate surface area is 527 Å². The van der Waals surface area contributed by atoms with Crippen LogP contribution in [0.5, 0.6) is 29.0 Å². The fraction of sp³-hybridized carbons (Fsp3) is 0.333. The van der Waals surface area contributed by atoms with Gasteiger partial charge in [0.1, 0.15) is 47.3 Å². The van der Waals surface area contributed by atoms with Crippen molar-refractivity contribution in [3.63, 3.8) is 0 Å². The molecule has 3 N–H and O–H groups in total. The monoisotopic (exact) mass is 1220 g/mol. The molecule has 19 nitrogen and oxygen atoms in total. The minimum Gasteiger partial charge on any atom is -0.490 e. The van der Waals surface area contributed by atoms with Crippen LogP contribution in [0, 0.1) is 17.8 Å². The number of benzene rings is 4. The van der Waals surface area contributed by atoms with E-state index in [9.17, 15) is 19.2 Å². The number of hydrogen-bond acceptors (Lipinski definition) is 15. The van der Waals surface area contributed by atoms with Crippen molar-refractivity contribution in [3.05, 3.63) is 163 Å². The summed E-state index contributed by atoms with van der Waals surface area (Å²) >= 11 is 0. The van der Waals surface area contributed by atoms with E-state index >= 15 is 0 Å². The number of nitrogens with one attached hydrogen (secondary N) is 3. The molecule has 0 bridgehead atoms. The maximum Gasteiger partial charge on any atom is 0.260 e. The fourth-order valence-electron chi connectivity index (χ4n) is 11.6. The van der Waals surface area contributed by atoms with Crippen LogP contribution in [0.4, 0.5) is 0 Å². The van der Waals surface area contributed by atoms with Crippen molar-refractivity contribution in [2.45, 2.75) is 110 Å². The van der Waals surface area contributed by atoms with E-state index in [1.807, 2.05) is 157 Å². The van der Waals surface area contributed by atoms with E-state index < -0.39 is 0 Å². The normalized spacial score (nSPS) is 18.2. The summed E-state index contributed by atoms with van der Waals surface area (Å²) in [5, 5.41) is 12.0. The Morgan fingerprint density at radius 3 is 1.26 bits per heavy atom. The Kier molecular flexibility index (Phi) is 17.9. The van der Waals surface area contributed by atoms with Gasteiger partial charge in [0.05, 0.1) is 33.8 Å². The molecule has 3 saturated heterocycles. The molecule has 14 rings (SSSR count). The lowest BCUT2D eigenvalue weighted by Crippen LogP contribution is -2.25. The molecule has 0 unspecified atom stereocenters. The standard InChI is InChI=1S/C24H22N4O3.C24H25N3O3.C24H27N3O3/c1-14(17-11-23(29)26-12-17)31-22-10-16(9-20-18(22)4-3-7-25-20)15-5-6-19-21(8-15)27-13-28(2)24(19)30;1-15(18-12-23(28)26-14-18)29-22-11-17(10-21-20(22)6-3-9-25-21)16-7-8-24(27-13-16)30-19-4-2-5-19;1-15(18-12-22(28)26-14-18)29-21-11-17(10-20-19(21)6-5-9-25-20)16-7-8-23(27-13-16)30-24(2,3)4/h3-10,13-14,17H,11-12H2,1-2H3,(H,26,29);3,6-11,13,15,18-19H,2,4-5,12,14H2,1H3,(H,26,28);5-11,13,15,18H,12,14H2,1-4H3,(H,26,28)/t14-,17-;2*15-,18-/m111/s1. The highest BCUT2D eigenvalue weighted by molar-refractivity contribution is 5.93. The number of aryl methyl sites for hydroxylation is 1. The summed E-state index contributed by atoms with van der Waals surface area (Å²) in [7, 11) is 1.69. The van der Waals surface area contributed by atoms with Gasteiger partial charge in [-0.3, -0.25) is 34.1 Å². The number of amides is 3. The van der Waals surface area contributed by atoms with Gasteiger partial charge in [0.25, 0.3) is 5.56 Å². The van der Waals surface area contributed by atoms with Gasteiger partial charge < -0.3 is 44.2 Å². The SMILES string of the molecule is C[C@@H](Oc1cc(-c2ccc(OC(C)(C)C)nc2)cc2ncccc12)[C@H]1CNC(=O)C1.C[C@@H](Oc1cc(-c2ccc(OC3CCC3)nc2)cc2ncccc12)[C@H]1CNC(=O)C1.C[C@@H](Oc1cc(-c2ccc3c(=O)n(C)cnc3c2)cc2ncccc12)[C@H]1CNC(=O)C1. The number of fused-ring (bicyclic) bond motifs is 4. The Hall–Kier alpha value is -10.0. The highest BCUT2D eigenvalue weighted by atomic mass is 16.5. The van der Waals surface area contributed by atoms with Crippen LogP contribution in [0.15, 0.2) is 157 Å². The Morgan fingerprint density at radius 2 is 0.879 bits per heavy atom. The molecule has 4 fully saturated rings. The van der Waals surface area contributed by atoms with Crippen LogP contribution >= 0.6 is 0 Å². The zero-order valence-electron chi connectivity index (χ0n) is 52.1. The van der Waals surface area contributed by atoms with Crippen LogP contribution in [0.25, 0.3) is 77.0 Å². The predicted octanol–water partition coefficient (Wildman–Crippen LogP) is 11.6. The van der Waals surface area contributed by atoms with E-state index in [0.29, 0.717) is 67.7 Å². The minimum atomic E-state index is -0.297. The molecule has 3 amide bonds. The van der Waals surface area contributed by atoms with E-state index in [1.54, 1.807) is 31.8 Å². The lowest BCUT2D eigenvalue weighted by Gasteiger charge is -2.25. The first-order chi connectivity index (χ1) is 43.9. The second-order valence-electron chi connectivity index (χ2n) is 25.0. The molecule has 9 heterocycles. The molecule has 1 saturated carbocycles. The van der Waals surface area contributed by atoms with Crippen molar-refractivity contribution in [3.8, 4) is 62.4 Å². The van der Waals surface area contributed by atoms with Crippen LogP contribution in [0.1, 0.15) is 80.1 Å². The first-order valence-corrected chi connectivity index (χ1v) is 31.1. The molecule has 1 aliphatic carbocycles. The Bertz CT molecular complexity index is 4380. The van der Waals surface area contributed by atoms with Crippen molar-refractivity contribution in [2.75, 3.05) is 19.6 Å². The number of carbonyl (C=O) groups excluding carboxylic acids is 3. The topological polar surface area (TPSA) is 233 Å². The Balaban J connectivity index is 0.000000132. The second-order valence-corrected chi connectivity index (χ2v) is 25.0. The summed E-state index contributed by atoms with van der Waals surface area (Å²) in [6.07, 6.45) is 15.4. The van der Waals surface area contributed by atoms with Gasteiger partial charge in [0.15, 0.2) is 0 Å². The van der Waals surface area contributed by atoms with Gasteiger partial charge in [-0.15, -0.1) is 0 Å². The van der Waals surface area contributed by atoms with E-state index in [4.69, 9.17) is 23.7 Å². The summed E-state index contributed by atoms with van der Waals surface area (Å²) in [5.41, 5.74) is 8.58. The Morgan fingerprint density at radius 1 is 0.473 bits per heavy atom. The fourth-order valence-corrected chi connectivity index (χ4v) is 11.6. The van der Waals surface area contributed by atoms with Crippen LogP contribution in [-0.2, 0) is 21.4 Å².